The molecule has 0 saturated carbocycles. The van der Waals surface area contributed by atoms with Crippen LogP contribution >= 0.6 is 48.9 Å². The van der Waals surface area contributed by atoms with E-state index in [1.807, 2.05) is 0 Å². The van der Waals surface area contributed by atoms with E-state index < -0.39 is 0 Å². The summed E-state index contributed by atoms with van der Waals surface area (Å²) in [5, 5.41) is 11.1. The zero-order chi connectivity index (χ0) is 16.0. The van der Waals surface area contributed by atoms with Crippen LogP contribution in [0.15, 0.2) is 0 Å². The molecule has 0 atom stereocenters. The van der Waals surface area contributed by atoms with Gasteiger partial charge in [-0.15, -0.1) is 0 Å². The molecular weight excluding hydrogens is 529 g/mol. The molecule has 0 fully saturated rings. The molecule has 0 aliphatic carbocycles. The summed E-state index contributed by atoms with van der Waals surface area (Å²) in [6.07, 6.45) is 0. The summed E-state index contributed by atoms with van der Waals surface area (Å²) in [6.45, 7) is 2.66. The van der Waals surface area contributed by atoms with Crippen LogP contribution in [0.25, 0.3) is 0 Å². The fourth-order valence-electron chi connectivity index (χ4n) is 0.658. The molecular formula is C8H12MnN4S8Zn-2. The second-order valence-electron chi connectivity index (χ2n) is 2.86. The molecule has 1 radical (unpaired) electrons. The van der Waals surface area contributed by atoms with Gasteiger partial charge in [-0.2, -0.15) is 0 Å². The largest absolute Gasteiger partial charge is 2.00 e. The Hall–Kier alpha value is 1.58. The second-order valence-corrected chi connectivity index (χ2v) is 7.16. The van der Waals surface area contributed by atoms with Crippen molar-refractivity contribution in [2.24, 2.45) is 0 Å². The van der Waals surface area contributed by atoms with E-state index in [0.29, 0.717) is 43.5 Å². The topological polar surface area (TPSA) is 48.1 Å². The van der Waals surface area contributed by atoms with E-state index in [1.54, 1.807) is 0 Å². The predicted octanol–water partition coefficient (Wildman–Crippen LogP) is -0.347. The second kappa shape index (κ2) is 22.6. The maximum atomic E-state index is 4.59. The first kappa shape index (κ1) is 31.4. The van der Waals surface area contributed by atoms with Gasteiger partial charge in [0.25, 0.3) is 0 Å². The van der Waals surface area contributed by atoms with Crippen LogP contribution in [0.3, 0.4) is 0 Å². The van der Waals surface area contributed by atoms with Crippen LogP contribution in [0, 0.1) is 0 Å². The summed E-state index contributed by atoms with van der Waals surface area (Å²) in [7, 11) is 0. The Bertz CT molecular complexity index is 282. The first-order chi connectivity index (χ1) is 9.25. The van der Waals surface area contributed by atoms with Crippen LogP contribution in [0.4, 0.5) is 0 Å². The van der Waals surface area contributed by atoms with Crippen molar-refractivity contribution < 1.29 is 36.5 Å². The molecule has 0 aliphatic heterocycles. The monoisotopic (exact) mass is 539 g/mol. The van der Waals surface area contributed by atoms with Crippen molar-refractivity contribution in [1.29, 1.82) is 0 Å². The van der Waals surface area contributed by atoms with Crippen molar-refractivity contribution in [3.63, 3.8) is 0 Å². The smallest absolute Gasteiger partial charge is 0.412 e. The van der Waals surface area contributed by atoms with Crippen molar-refractivity contribution in [3.8, 4) is 0 Å². The minimum absolute atomic E-state index is 0. The van der Waals surface area contributed by atoms with Gasteiger partial charge in [-0.05, 0) is 0 Å². The number of hydrogen-bond donors (Lipinski definition) is 4. The van der Waals surface area contributed by atoms with Gasteiger partial charge in [-0.25, -0.2) is 0 Å². The number of rotatable bonds is 6. The number of hydrogen-bond acceptors (Lipinski definition) is 8. The molecule has 14 heteroatoms. The van der Waals surface area contributed by atoms with Crippen molar-refractivity contribution in [2.45, 2.75) is 0 Å². The Kier molecular flexibility index (Phi) is 32.2. The third-order valence-electron chi connectivity index (χ3n) is 1.33. The normalized spacial score (nSPS) is 7.64. The first-order valence-electron chi connectivity index (χ1n) is 5.05. The molecule has 0 aliphatic rings. The van der Waals surface area contributed by atoms with Gasteiger partial charge in [-0.1, -0.05) is 17.3 Å². The molecule has 4 nitrogen and oxygen atoms in total. The van der Waals surface area contributed by atoms with E-state index in [1.165, 1.54) is 0 Å². The van der Waals surface area contributed by atoms with Gasteiger partial charge in [0.1, 0.15) is 0 Å². The van der Waals surface area contributed by atoms with E-state index in [-0.39, 0.29) is 36.5 Å². The van der Waals surface area contributed by atoms with Crippen LogP contribution in [-0.4, -0.2) is 43.5 Å². The van der Waals surface area contributed by atoms with E-state index in [4.69, 9.17) is 0 Å². The van der Waals surface area contributed by atoms with Gasteiger partial charge < -0.3 is 121 Å². The molecule has 0 aromatic rings. The number of nitrogens with one attached hydrogen (secondary N) is 4. The SMILES string of the molecule is S=C([S-])NCCNC(=S)[S-].S=C([S-])NCCNC(=S)[S-].[Mn].[Zn+2]. The fraction of sp³-hybridized carbons (Fsp3) is 0.500. The van der Waals surface area contributed by atoms with Crippen molar-refractivity contribution >= 4 is 117 Å². The molecule has 0 rings (SSSR count). The quantitative estimate of drug-likeness (QED) is 0.154. The molecule has 0 saturated heterocycles. The summed E-state index contributed by atoms with van der Waals surface area (Å²) >= 11 is 36.7. The summed E-state index contributed by atoms with van der Waals surface area (Å²) in [5.74, 6) is 0. The van der Waals surface area contributed by atoms with Gasteiger partial charge in [-0.3, -0.25) is 0 Å². The summed E-state index contributed by atoms with van der Waals surface area (Å²) in [6, 6.07) is 0. The van der Waals surface area contributed by atoms with Crippen LogP contribution in [0.5, 0.6) is 0 Å². The predicted molar refractivity (Wildman–Crippen MR) is 112 cm³/mol. The molecule has 0 heterocycles. The van der Waals surface area contributed by atoms with E-state index in [0.717, 1.165) is 0 Å². The average Bonchev–Trinajstić information content (AvgIpc) is 2.30. The minimum atomic E-state index is 0. The van der Waals surface area contributed by atoms with Crippen LogP contribution in [0.2, 0.25) is 0 Å². The van der Waals surface area contributed by atoms with Gasteiger partial charge in [0.15, 0.2) is 0 Å². The Morgan fingerprint density at radius 3 is 0.773 bits per heavy atom. The average molecular weight is 541 g/mol. The van der Waals surface area contributed by atoms with Crippen molar-refractivity contribution in [3.05, 3.63) is 0 Å². The maximum Gasteiger partial charge on any atom is 2.00 e. The van der Waals surface area contributed by atoms with Crippen LogP contribution in [-0.2, 0) is 87.1 Å². The third-order valence-corrected chi connectivity index (χ3v) is 2.48. The van der Waals surface area contributed by atoms with Gasteiger partial charge in [0, 0.05) is 43.2 Å². The van der Waals surface area contributed by atoms with Gasteiger partial charge in [0.05, 0.1) is 0 Å². The molecule has 0 spiro atoms. The standard InChI is InChI=1S/2C4H8N2S4.Mn.Zn/c2*7-3(8)5-1-2-6-4(9)10;;/h2*1-2H2,(H2,5,7,8)(H2,6,9,10);;/q;;;+2/p-4. The summed E-state index contributed by atoms with van der Waals surface area (Å²) in [4.78, 5) is 0. The Balaban J connectivity index is -0.000000135. The molecule has 123 valence electrons. The van der Waals surface area contributed by atoms with E-state index in [9.17, 15) is 0 Å². The zero-order valence-corrected chi connectivity index (χ0v) is 21.9. The van der Waals surface area contributed by atoms with Crippen LogP contribution < -0.4 is 21.3 Å². The number of thiocarbonyl (C=S) groups is 4. The van der Waals surface area contributed by atoms with E-state index >= 15 is 0 Å². The summed E-state index contributed by atoms with van der Waals surface area (Å²) in [5.41, 5.74) is 0. The zero-order valence-electron chi connectivity index (χ0n) is 11.2. The third kappa shape index (κ3) is 37.7. The Morgan fingerprint density at radius 1 is 0.545 bits per heavy atom. The minimum Gasteiger partial charge on any atom is -0.412 e. The van der Waals surface area contributed by atoms with Gasteiger partial charge in [0.2, 0.25) is 0 Å². The molecule has 0 aromatic heterocycles. The molecule has 0 bridgehead atoms. The Morgan fingerprint density at radius 2 is 0.682 bits per heavy atom. The van der Waals surface area contributed by atoms with Crippen molar-refractivity contribution in [1.82, 2.24) is 21.3 Å². The molecule has 0 aromatic carbocycles. The first-order valence-corrected chi connectivity index (χ1v) is 8.31. The fourth-order valence-corrected chi connectivity index (χ4v) is 1.47. The molecule has 4 N–H and O–H groups in total. The molecule has 0 unspecified atom stereocenters. The molecule has 22 heavy (non-hydrogen) atoms. The molecule has 0 amide bonds. The van der Waals surface area contributed by atoms with Crippen molar-refractivity contribution in [2.75, 3.05) is 26.2 Å². The summed E-state index contributed by atoms with van der Waals surface area (Å²) < 4.78 is 1.49. The maximum absolute atomic E-state index is 4.59. The van der Waals surface area contributed by atoms with Gasteiger partial charge >= 0.3 is 19.5 Å². The Labute approximate surface area is 198 Å². The van der Waals surface area contributed by atoms with E-state index in [2.05, 4.69) is 121 Å². The van der Waals surface area contributed by atoms with Crippen LogP contribution in [0.1, 0.15) is 0 Å².